The second-order valence-electron chi connectivity index (χ2n) is 3.12. The number of halogens is 3. The summed E-state index contributed by atoms with van der Waals surface area (Å²) in [6.45, 7) is 3.60. The molecular formula is C11H14Cl2FN. The lowest BCUT2D eigenvalue weighted by atomic mass is 10.0. The highest BCUT2D eigenvalue weighted by Gasteiger charge is 2.11. The first-order valence-electron chi connectivity index (χ1n) is 4.47. The van der Waals surface area contributed by atoms with Crippen LogP contribution >= 0.6 is 24.0 Å². The molecule has 1 aromatic carbocycles. The van der Waals surface area contributed by atoms with Crippen molar-refractivity contribution in [3.8, 4) is 0 Å². The smallest absolute Gasteiger partial charge is 0.142 e. The van der Waals surface area contributed by atoms with Gasteiger partial charge in [-0.1, -0.05) is 29.8 Å². The van der Waals surface area contributed by atoms with Gasteiger partial charge in [-0.25, -0.2) is 4.39 Å². The van der Waals surface area contributed by atoms with Gasteiger partial charge in [-0.05, 0) is 24.5 Å². The summed E-state index contributed by atoms with van der Waals surface area (Å²) < 4.78 is 13.1. The lowest BCUT2D eigenvalue weighted by molar-refractivity contribution is 0.612. The van der Waals surface area contributed by atoms with Crippen molar-refractivity contribution in [2.45, 2.75) is 18.9 Å². The van der Waals surface area contributed by atoms with Gasteiger partial charge < -0.3 is 5.73 Å². The van der Waals surface area contributed by atoms with Crippen LogP contribution in [0.2, 0.25) is 5.02 Å². The second-order valence-corrected chi connectivity index (χ2v) is 3.49. The summed E-state index contributed by atoms with van der Waals surface area (Å²) in [5.41, 5.74) is 6.51. The average molecular weight is 250 g/mol. The van der Waals surface area contributed by atoms with E-state index in [1.807, 2.05) is 0 Å². The van der Waals surface area contributed by atoms with Crippen molar-refractivity contribution in [3.63, 3.8) is 0 Å². The van der Waals surface area contributed by atoms with Crippen LogP contribution in [-0.4, -0.2) is 0 Å². The second kappa shape index (κ2) is 6.83. The van der Waals surface area contributed by atoms with E-state index in [1.54, 1.807) is 18.2 Å². The van der Waals surface area contributed by atoms with Crippen LogP contribution in [0.3, 0.4) is 0 Å². The molecule has 1 aromatic rings. The molecule has 0 unspecified atom stereocenters. The Bertz CT molecular complexity index is 328. The fourth-order valence-corrected chi connectivity index (χ4v) is 1.53. The maximum absolute atomic E-state index is 13.1. The molecule has 0 aromatic heterocycles. The van der Waals surface area contributed by atoms with E-state index in [0.717, 1.165) is 12.8 Å². The maximum atomic E-state index is 13.1. The van der Waals surface area contributed by atoms with Crippen LogP contribution < -0.4 is 5.73 Å². The third-order valence-electron chi connectivity index (χ3n) is 2.06. The minimum absolute atomic E-state index is 0. The quantitative estimate of drug-likeness (QED) is 0.806. The van der Waals surface area contributed by atoms with E-state index in [4.69, 9.17) is 17.3 Å². The summed E-state index contributed by atoms with van der Waals surface area (Å²) >= 11 is 5.79. The van der Waals surface area contributed by atoms with Gasteiger partial charge in [-0.3, -0.25) is 0 Å². The normalized spacial score (nSPS) is 11.7. The molecule has 1 nitrogen and oxygen atoms in total. The molecule has 0 bridgehead atoms. The molecule has 0 spiro atoms. The fourth-order valence-electron chi connectivity index (χ4n) is 1.26. The van der Waals surface area contributed by atoms with Crippen molar-refractivity contribution >= 4 is 24.0 Å². The predicted octanol–water partition coefficient (Wildman–Crippen LogP) is 3.87. The van der Waals surface area contributed by atoms with E-state index in [9.17, 15) is 4.39 Å². The van der Waals surface area contributed by atoms with Crippen molar-refractivity contribution < 1.29 is 4.39 Å². The predicted molar refractivity (Wildman–Crippen MR) is 65.0 cm³/mol. The topological polar surface area (TPSA) is 26.0 Å². The lowest BCUT2D eigenvalue weighted by Crippen LogP contribution is -2.10. The van der Waals surface area contributed by atoms with E-state index in [0.29, 0.717) is 5.56 Å². The first kappa shape index (κ1) is 14.4. The highest BCUT2D eigenvalue weighted by molar-refractivity contribution is 6.31. The Morgan fingerprint density at radius 3 is 2.80 bits per heavy atom. The molecule has 0 saturated carbocycles. The fraction of sp³-hybridized carbons (Fsp3) is 0.273. The minimum Gasteiger partial charge on any atom is -0.324 e. The molecule has 0 aliphatic carbocycles. The largest absolute Gasteiger partial charge is 0.324 e. The Hall–Kier alpha value is -0.570. The molecular weight excluding hydrogens is 236 g/mol. The number of hydrogen-bond acceptors (Lipinski definition) is 1. The molecule has 15 heavy (non-hydrogen) atoms. The van der Waals surface area contributed by atoms with Crippen molar-refractivity contribution in [2.24, 2.45) is 5.73 Å². The van der Waals surface area contributed by atoms with Crippen molar-refractivity contribution in [2.75, 3.05) is 0 Å². The Morgan fingerprint density at radius 2 is 2.20 bits per heavy atom. The summed E-state index contributed by atoms with van der Waals surface area (Å²) in [5, 5.41) is 0.129. The van der Waals surface area contributed by atoms with Crippen LogP contribution in [0.25, 0.3) is 0 Å². The minimum atomic E-state index is -0.418. The molecule has 84 valence electrons. The van der Waals surface area contributed by atoms with E-state index in [2.05, 4.69) is 6.58 Å². The van der Waals surface area contributed by atoms with Crippen LogP contribution in [0.5, 0.6) is 0 Å². The molecule has 0 fully saturated rings. The van der Waals surface area contributed by atoms with Gasteiger partial charge in [0.2, 0.25) is 0 Å². The van der Waals surface area contributed by atoms with Crippen LogP contribution in [0, 0.1) is 5.82 Å². The van der Waals surface area contributed by atoms with Crippen LogP contribution in [0.1, 0.15) is 24.4 Å². The third kappa shape index (κ3) is 3.82. The molecule has 0 heterocycles. The Kier molecular flexibility index (Phi) is 6.57. The SMILES string of the molecule is C=CCC[C@H](N)c1cccc(F)c1Cl.Cl. The summed E-state index contributed by atoms with van der Waals surface area (Å²) in [6.07, 6.45) is 3.31. The van der Waals surface area contributed by atoms with Gasteiger partial charge in [-0.2, -0.15) is 0 Å². The number of allylic oxidation sites excluding steroid dienone is 1. The first-order chi connectivity index (χ1) is 6.66. The summed E-state index contributed by atoms with van der Waals surface area (Å²) in [7, 11) is 0. The van der Waals surface area contributed by atoms with Crippen LogP contribution in [0.4, 0.5) is 4.39 Å². The number of rotatable bonds is 4. The van der Waals surface area contributed by atoms with Crippen molar-refractivity contribution in [1.29, 1.82) is 0 Å². The third-order valence-corrected chi connectivity index (χ3v) is 2.46. The van der Waals surface area contributed by atoms with Crippen LogP contribution in [-0.2, 0) is 0 Å². The maximum Gasteiger partial charge on any atom is 0.142 e. The molecule has 0 aliphatic rings. The van der Waals surface area contributed by atoms with E-state index in [-0.39, 0.29) is 23.5 Å². The molecule has 0 amide bonds. The molecule has 2 N–H and O–H groups in total. The molecule has 0 aliphatic heterocycles. The van der Waals surface area contributed by atoms with Crippen LogP contribution in [0.15, 0.2) is 30.9 Å². The van der Waals surface area contributed by atoms with E-state index >= 15 is 0 Å². The van der Waals surface area contributed by atoms with Crippen molar-refractivity contribution in [3.05, 3.63) is 47.3 Å². The zero-order chi connectivity index (χ0) is 10.6. The Balaban J connectivity index is 0.00000196. The zero-order valence-electron chi connectivity index (χ0n) is 8.25. The number of hydrogen-bond donors (Lipinski definition) is 1. The average Bonchev–Trinajstić information content (AvgIpc) is 2.18. The van der Waals surface area contributed by atoms with Gasteiger partial charge in [0.05, 0.1) is 5.02 Å². The molecule has 4 heteroatoms. The highest BCUT2D eigenvalue weighted by atomic mass is 35.5. The Labute approximate surface area is 101 Å². The van der Waals surface area contributed by atoms with Crippen molar-refractivity contribution in [1.82, 2.24) is 0 Å². The standard InChI is InChI=1S/C11H13ClFN.ClH/c1-2-3-7-10(14)8-5-4-6-9(13)11(8)12;/h2,4-6,10H,1,3,7,14H2;1H/t10-;/m0./s1. The van der Waals surface area contributed by atoms with E-state index in [1.165, 1.54) is 6.07 Å². The monoisotopic (exact) mass is 249 g/mol. The summed E-state index contributed by atoms with van der Waals surface area (Å²) in [5.74, 6) is -0.418. The number of benzene rings is 1. The summed E-state index contributed by atoms with van der Waals surface area (Å²) in [4.78, 5) is 0. The van der Waals surface area contributed by atoms with Gasteiger partial charge in [0, 0.05) is 6.04 Å². The molecule has 1 rings (SSSR count). The molecule has 0 radical (unpaired) electrons. The van der Waals surface area contributed by atoms with E-state index < -0.39 is 5.82 Å². The summed E-state index contributed by atoms with van der Waals surface area (Å²) in [6, 6.07) is 4.46. The van der Waals surface area contributed by atoms with Gasteiger partial charge >= 0.3 is 0 Å². The first-order valence-corrected chi connectivity index (χ1v) is 4.85. The Morgan fingerprint density at radius 1 is 1.53 bits per heavy atom. The van der Waals surface area contributed by atoms with Gasteiger partial charge in [0.1, 0.15) is 5.82 Å². The molecule has 0 saturated heterocycles. The number of nitrogens with two attached hydrogens (primary N) is 1. The van der Waals surface area contributed by atoms with Gasteiger partial charge in [0.25, 0.3) is 0 Å². The lowest BCUT2D eigenvalue weighted by Gasteiger charge is -2.12. The molecule has 1 atom stereocenters. The van der Waals surface area contributed by atoms with Gasteiger partial charge in [-0.15, -0.1) is 19.0 Å². The highest BCUT2D eigenvalue weighted by Crippen LogP contribution is 2.26. The van der Waals surface area contributed by atoms with Gasteiger partial charge in [0.15, 0.2) is 0 Å². The zero-order valence-corrected chi connectivity index (χ0v) is 9.82.